The Morgan fingerprint density at radius 1 is 1.61 bits per heavy atom. The highest BCUT2D eigenvalue weighted by Gasteiger charge is 2.35. The standard InChI is InChI=1S/C10H12ClFN4O2/c11-8-1-2-9(15-14-8)13-4-7-3-6(12)5-16(7)10(17)18/h1-2,6-7H,3-5H2,(H,13,15)(H,17,18)/t6-,7-/m0/s1. The molecule has 1 saturated heterocycles. The van der Waals surface area contributed by atoms with Crippen LogP contribution in [0.15, 0.2) is 12.1 Å². The highest BCUT2D eigenvalue weighted by atomic mass is 35.5. The van der Waals surface area contributed by atoms with Crippen molar-refractivity contribution in [2.24, 2.45) is 0 Å². The number of alkyl halides is 1. The lowest BCUT2D eigenvalue weighted by molar-refractivity contribution is 0.140. The molecule has 0 radical (unpaired) electrons. The number of carboxylic acid groups (broad SMARTS) is 1. The zero-order valence-corrected chi connectivity index (χ0v) is 10.1. The summed E-state index contributed by atoms with van der Waals surface area (Å²) in [5.41, 5.74) is 0. The van der Waals surface area contributed by atoms with E-state index < -0.39 is 18.3 Å². The molecule has 0 bridgehead atoms. The van der Waals surface area contributed by atoms with Gasteiger partial charge in [0.1, 0.15) is 12.0 Å². The van der Waals surface area contributed by atoms with Crippen molar-refractivity contribution in [1.29, 1.82) is 0 Å². The first-order valence-electron chi connectivity index (χ1n) is 5.43. The summed E-state index contributed by atoms with van der Waals surface area (Å²) < 4.78 is 13.2. The Morgan fingerprint density at radius 2 is 2.39 bits per heavy atom. The smallest absolute Gasteiger partial charge is 0.407 e. The van der Waals surface area contributed by atoms with Crippen LogP contribution >= 0.6 is 11.6 Å². The van der Waals surface area contributed by atoms with Gasteiger partial charge in [-0.3, -0.25) is 0 Å². The predicted molar refractivity (Wildman–Crippen MR) is 63.6 cm³/mol. The largest absolute Gasteiger partial charge is 0.465 e. The van der Waals surface area contributed by atoms with Crippen LogP contribution in [-0.4, -0.2) is 51.6 Å². The molecule has 1 aromatic rings. The molecular weight excluding hydrogens is 263 g/mol. The van der Waals surface area contributed by atoms with Crippen molar-refractivity contribution in [3.05, 3.63) is 17.3 Å². The molecule has 98 valence electrons. The summed E-state index contributed by atoms with van der Waals surface area (Å²) in [5.74, 6) is 0.479. The van der Waals surface area contributed by atoms with E-state index in [0.29, 0.717) is 12.4 Å². The van der Waals surface area contributed by atoms with E-state index in [9.17, 15) is 9.18 Å². The Balaban J connectivity index is 1.93. The maximum atomic E-state index is 13.2. The monoisotopic (exact) mass is 274 g/mol. The summed E-state index contributed by atoms with van der Waals surface area (Å²) in [7, 11) is 0. The number of aromatic nitrogens is 2. The minimum atomic E-state index is -1.11. The normalized spacial score (nSPS) is 23.1. The van der Waals surface area contributed by atoms with E-state index in [-0.39, 0.29) is 18.1 Å². The Bertz CT molecular complexity index is 430. The van der Waals surface area contributed by atoms with Crippen LogP contribution in [0.2, 0.25) is 5.15 Å². The van der Waals surface area contributed by atoms with Gasteiger partial charge in [-0.15, -0.1) is 10.2 Å². The number of rotatable bonds is 3. The molecule has 2 atom stereocenters. The minimum absolute atomic E-state index is 0.0754. The lowest BCUT2D eigenvalue weighted by Gasteiger charge is -2.21. The van der Waals surface area contributed by atoms with E-state index in [4.69, 9.17) is 16.7 Å². The van der Waals surface area contributed by atoms with Crippen LogP contribution in [0, 0.1) is 0 Å². The first kappa shape index (κ1) is 12.8. The van der Waals surface area contributed by atoms with E-state index in [1.165, 1.54) is 0 Å². The van der Waals surface area contributed by atoms with Crippen molar-refractivity contribution in [2.45, 2.75) is 18.6 Å². The molecule has 1 aliphatic heterocycles. The first-order valence-corrected chi connectivity index (χ1v) is 5.81. The van der Waals surface area contributed by atoms with E-state index in [0.717, 1.165) is 4.90 Å². The summed E-state index contributed by atoms with van der Waals surface area (Å²) in [6.07, 6.45) is -2.02. The molecular formula is C10H12ClFN4O2. The molecule has 2 heterocycles. The molecule has 18 heavy (non-hydrogen) atoms. The van der Waals surface area contributed by atoms with Gasteiger partial charge in [0, 0.05) is 13.0 Å². The predicted octanol–water partition coefficient (Wildman–Crippen LogP) is 1.63. The second-order valence-electron chi connectivity index (χ2n) is 4.04. The Kier molecular flexibility index (Phi) is 3.81. The Morgan fingerprint density at radius 3 is 3.00 bits per heavy atom. The van der Waals surface area contributed by atoms with Gasteiger partial charge in [-0.05, 0) is 12.1 Å². The van der Waals surface area contributed by atoms with Crippen LogP contribution in [0.5, 0.6) is 0 Å². The average Bonchev–Trinajstić information content (AvgIpc) is 2.70. The molecule has 1 amide bonds. The van der Waals surface area contributed by atoms with Crippen molar-refractivity contribution in [2.75, 3.05) is 18.4 Å². The molecule has 2 rings (SSSR count). The Labute approximate surface area is 108 Å². The van der Waals surface area contributed by atoms with E-state index in [1.54, 1.807) is 12.1 Å². The molecule has 0 aliphatic carbocycles. The topological polar surface area (TPSA) is 78.4 Å². The van der Waals surface area contributed by atoms with Crippen molar-refractivity contribution < 1.29 is 14.3 Å². The lowest BCUT2D eigenvalue weighted by atomic mass is 10.2. The highest BCUT2D eigenvalue weighted by molar-refractivity contribution is 6.29. The van der Waals surface area contributed by atoms with Gasteiger partial charge in [-0.1, -0.05) is 11.6 Å². The van der Waals surface area contributed by atoms with Crippen LogP contribution < -0.4 is 5.32 Å². The fourth-order valence-electron chi connectivity index (χ4n) is 1.92. The summed E-state index contributed by atoms with van der Waals surface area (Å²) in [5, 5.41) is 19.5. The Hall–Kier alpha value is -1.63. The van der Waals surface area contributed by atoms with Crippen LogP contribution in [0.4, 0.5) is 15.0 Å². The third-order valence-corrected chi connectivity index (χ3v) is 2.96. The number of hydrogen-bond donors (Lipinski definition) is 2. The van der Waals surface area contributed by atoms with Crippen molar-refractivity contribution >= 4 is 23.5 Å². The summed E-state index contributed by atoms with van der Waals surface area (Å²) >= 11 is 5.59. The van der Waals surface area contributed by atoms with Gasteiger partial charge in [0.05, 0.1) is 12.6 Å². The number of nitrogens with one attached hydrogen (secondary N) is 1. The van der Waals surface area contributed by atoms with Crippen molar-refractivity contribution in [1.82, 2.24) is 15.1 Å². The molecule has 0 spiro atoms. The maximum Gasteiger partial charge on any atom is 0.407 e. The van der Waals surface area contributed by atoms with Crippen LogP contribution in [0.3, 0.4) is 0 Å². The molecule has 2 N–H and O–H groups in total. The number of likely N-dealkylation sites (tertiary alicyclic amines) is 1. The fourth-order valence-corrected chi connectivity index (χ4v) is 2.02. The summed E-state index contributed by atoms with van der Waals surface area (Å²) in [6, 6.07) is 2.80. The third kappa shape index (κ3) is 2.98. The molecule has 1 aromatic heterocycles. The molecule has 0 unspecified atom stereocenters. The lowest BCUT2D eigenvalue weighted by Crippen LogP contribution is -2.38. The quantitative estimate of drug-likeness (QED) is 0.876. The number of anilines is 1. The SMILES string of the molecule is O=C(O)N1C[C@@H](F)C[C@H]1CNc1ccc(Cl)nn1. The third-order valence-electron chi connectivity index (χ3n) is 2.76. The number of nitrogens with zero attached hydrogens (tertiary/aromatic N) is 3. The molecule has 1 fully saturated rings. The molecule has 6 nitrogen and oxygen atoms in total. The number of halogens is 2. The van der Waals surface area contributed by atoms with Gasteiger partial charge in [0.2, 0.25) is 0 Å². The van der Waals surface area contributed by atoms with Crippen LogP contribution in [0.1, 0.15) is 6.42 Å². The second kappa shape index (κ2) is 5.34. The summed E-state index contributed by atoms with van der Waals surface area (Å²) in [4.78, 5) is 12.0. The molecule has 8 heteroatoms. The van der Waals surface area contributed by atoms with Crippen LogP contribution in [0.25, 0.3) is 0 Å². The van der Waals surface area contributed by atoms with Gasteiger partial charge < -0.3 is 15.3 Å². The molecule has 0 aromatic carbocycles. The van der Waals surface area contributed by atoms with Gasteiger partial charge in [0.25, 0.3) is 0 Å². The van der Waals surface area contributed by atoms with Crippen molar-refractivity contribution in [3.63, 3.8) is 0 Å². The maximum absolute atomic E-state index is 13.2. The van der Waals surface area contributed by atoms with E-state index >= 15 is 0 Å². The number of hydrogen-bond acceptors (Lipinski definition) is 4. The van der Waals surface area contributed by atoms with E-state index in [1.807, 2.05) is 0 Å². The second-order valence-corrected chi connectivity index (χ2v) is 4.43. The van der Waals surface area contributed by atoms with Crippen LogP contribution in [-0.2, 0) is 0 Å². The van der Waals surface area contributed by atoms with E-state index in [2.05, 4.69) is 15.5 Å². The zero-order valence-electron chi connectivity index (χ0n) is 9.38. The average molecular weight is 275 g/mol. The molecule has 1 aliphatic rings. The van der Waals surface area contributed by atoms with Gasteiger partial charge in [-0.2, -0.15) is 0 Å². The first-order chi connectivity index (χ1) is 8.56. The van der Waals surface area contributed by atoms with Crippen molar-refractivity contribution in [3.8, 4) is 0 Å². The number of carbonyl (C=O) groups is 1. The fraction of sp³-hybridized carbons (Fsp3) is 0.500. The van der Waals surface area contributed by atoms with Gasteiger partial charge >= 0.3 is 6.09 Å². The molecule has 0 saturated carbocycles. The minimum Gasteiger partial charge on any atom is -0.465 e. The highest BCUT2D eigenvalue weighted by Crippen LogP contribution is 2.20. The summed E-state index contributed by atoms with van der Waals surface area (Å²) in [6.45, 7) is 0.219. The van der Waals surface area contributed by atoms with Gasteiger partial charge in [-0.25, -0.2) is 9.18 Å². The zero-order chi connectivity index (χ0) is 13.1. The number of amides is 1. The van der Waals surface area contributed by atoms with Gasteiger partial charge in [0.15, 0.2) is 5.15 Å².